The number of carbonyl (C=O) groups excluding carboxylic acids is 2. The Hall–Kier alpha value is -1.10. The first-order valence-electron chi connectivity index (χ1n) is 6.09. The predicted octanol–water partition coefficient (Wildman–Crippen LogP) is 1.69. The number of hydrogen-bond acceptors (Lipinski definition) is 5. The average molecular weight is 246 g/mol. The highest BCUT2D eigenvalue weighted by Crippen LogP contribution is 1.91. The minimum absolute atomic E-state index is 0.202. The van der Waals surface area contributed by atoms with Gasteiger partial charge in [0, 0.05) is 0 Å². The van der Waals surface area contributed by atoms with Crippen molar-refractivity contribution in [2.75, 3.05) is 26.4 Å². The molecular weight excluding hydrogens is 224 g/mol. The van der Waals surface area contributed by atoms with E-state index in [0.717, 1.165) is 25.7 Å². The molecule has 0 saturated heterocycles. The van der Waals surface area contributed by atoms with Gasteiger partial charge in [-0.3, -0.25) is 0 Å². The standard InChI is InChI=1S/C12H22O5/c1-3-5-7-16-11(13)9-15-10-12(14)17-8-6-4-2/h3-10H2,1-2H3. The molecule has 0 aliphatic heterocycles. The lowest BCUT2D eigenvalue weighted by atomic mass is 10.4. The van der Waals surface area contributed by atoms with Crippen molar-refractivity contribution in [3.05, 3.63) is 0 Å². The van der Waals surface area contributed by atoms with E-state index in [9.17, 15) is 9.59 Å². The molecule has 5 heteroatoms. The molecule has 0 fully saturated rings. The van der Waals surface area contributed by atoms with Crippen LogP contribution in [0.5, 0.6) is 0 Å². The Morgan fingerprint density at radius 1 is 0.824 bits per heavy atom. The maximum Gasteiger partial charge on any atom is 0.332 e. The van der Waals surface area contributed by atoms with Gasteiger partial charge in [0.05, 0.1) is 13.2 Å². The van der Waals surface area contributed by atoms with Crippen LogP contribution >= 0.6 is 0 Å². The summed E-state index contributed by atoms with van der Waals surface area (Å²) < 4.78 is 14.6. The average Bonchev–Trinajstić information content (AvgIpc) is 2.30. The number of unbranched alkanes of at least 4 members (excludes halogenated alkanes) is 2. The second kappa shape index (κ2) is 11.4. The van der Waals surface area contributed by atoms with Gasteiger partial charge in [0.25, 0.3) is 0 Å². The van der Waals surface area contributed by atoms with Crippen LogP contribution in [0.15, 0.2) is 0 Å². The van der Waals surface area contributed by atoms with E-state index in [2.05, 4.69) is 0 Å². The van der Waals surface area contributed by atoms with Gasteiger partial charge in [-0.1, -0.05) is 26.7 Å². The molecule has 0 amide bonds. The Balaban J connectivity index is 3.36. The van der Waals surface area contributed by atoms with Crippen LogP contribution in [-0.2, 0) is 23.8 Å². The van der Waals surface area contributed by atoms with E-state index < -0.39 is 11.9 Å². The summed E-state index contributed by atoms with van der Waals surface area (Å²) in [6.45, 7) is 4.42. The Morgan fingerprint density at radius 2 is 1.24 bits per heavy atom. The highest BCUT2D eigenvalue weighted by molar-refractivity contribution is 5.73. The minimum Gasteiger partial charge on any atom is -0.464 e. The molecule has 0 N–H and O–H groups in total. The topological polar surface area (TPSA) is 61.8 Å². The van der Waals surface area contributed by atoms with Gasteiger partial charge >= 0.3 is 11.9 Å². The van der Waals surface area contributed by atoms with E-state index in [0.29, 0.717) is 13.2 Å². The summed E-state index contributed by atoms with van der Waals surface area (Å²) in [7, 11) is 0. The quantitative estimate of drug-likeness (QED) is 0.433. The molecule has 0 spiro atoms. The van der Waals surface area contributed by atoms with E-state index in [1.807, 2.05) is 13.8 Å². The van der Waals surface area contributed by atoms with Gasteiger partial charge in [-0.05, 0) is 12.8 Å². The lowest BCUT2D eigenvalue weighted by Gasteiger charge is -2.05. The predicted molar refractivity (Wildman–Crippen MR) is 62.6 cm³/mol. The smallest absolute Gasteiger partial charge is 0.332 e. The van der Waals surface area contributed by atoms with Gasteiger partial charge < -0.3 is 14.2 Å². The molecule has 0 aromatic carbocycles. The fourth-order valence-corrected chi connectivity index (χ4v) is 0.962. The molecule has 0 saturated carbocycles. The molecule has 0 heterocycles. The number of rotatable bonds is 10. The van der Waals surface area contributed by atoms with Gasteiger partial charge in [0.1, 0.15) is 13.2 Å². The lowest BCUT2D eigenvalue weighted by molar-refractivity contribution is -0.155. The van der Waals surface area contributed by atoms with Crippen molar-refractivity contribution < 1.29 is 23.8 Å². The molecule has 17 heavy (non-hydrogen) atoms. The van der Waals surface area contributed by atoms with E-state index in [-0.39, 0.29) is 13.2 Å². The van der Waals surface area contributed by atoms with E-state index in [4.69, 9.17) is 14.2 Å². The van der Waals surface area contributed by atoms with Gasteiger partial charge in [0.15, 0.2) is 0 Å². The largest absolute Gasteiger partial charge is 0.464 e. The Labute approximate surface area is 102 Å². The molecule has 0 unspecified atom stereocenters. The molecule has 0 aliphatic carbocycles. The van der Waals surface area contributed by atoms with Crippen LogP contribution in [-0.4, -0.2) is 38.4 Å². The van der Waals surface area contributed by atoms with Crippen LogP contribution in [0.3, 0.4) is 0 Å². The normalized spacial score (nSPS) is 10.0. The molecule has 5 nitrogen and oxygen atoms in total. The maximum absolute atomic E-state index is 11.1. The molecule has 0 radical (unpaired) electrons. The molecule has 0 aromatic rings. The Morgan fingerprint density at radius 3 is 1.59 bits per heavy atom. The zero-order valence-electron chi connectivity index (χ0n) is 10.7. The lowest BCUT2D eigenvalue weighted by Crippen LogP contribution is -2.19. The molecule has 0 rings (SSSR count). The Kier molecular flexibility index (Phi) is 10.7. The second-order valence-corrected chi connectivity index (χ2v) is 3.64. The highest BCUT2D eigenvalue weighted by Gasteiger charge is 2.06. The minimum atomic E-state index is -0.445. The van der Waals surface area contributed by atoms with Gasteiger partial charge in [0.2, 0.25) is 0 Å². The third-order valence-corrected chi connectivity index (χ3v) is 1.96. The molecule has 0 aromatic heterocycles. The summed E-state index contributed by atoms with van der Waals surface area (Å²) in [5.74, 6) is -0.889. The number of ether oxygens (including phenoxy) is 3. The SMILES string of the molecule is CCCCOC(=O)COCC(=O)OCCCC. The van der Waals surface area contributed by atoms with Gasteiger partial charge in [-0.15, -0.1) is 0 Å². The first-order valence-corrected chi connectivity index (χ1v) is 6.09. The summed E-state index contributed by atoms with van der Waals surface area (Å²) >= 11 is 0. The Bertz CT molecular complexity index is 193. The summed E-state index contributed by atoms with van der Waals surface area (Å²) in [6, 6.07) is 0. The summed E-state index contributed by atoms with van der Waals surface area (Å²) in [6.07, 6.45) is 3.62. The van der Waals surface area contributed by atoms with Crippen molar-refractivity contribution in [3.63, 3.8) is 0 Å². The fraction of sp³-hybridized carbons (Fsp3) is 0.833. The highest BCUT2D eigenvalue weighted by atomic mass is 16.6. The summed E-state index contributed by atoms with van der Waals surface area (Å²) in [4.78, 5) is 22.1. The van der Waals surface area contributed by atoms with Gasteiger partial charge in [-0.25, -0.2) is 9.59 Å². The number of esters is 2. The van der Waals surface area contributed by atoms with E-state index in [1.54, 1.807) is 0 Å². The van der Waals surface area contributed by atoms with Crippen molar-refractivity contribution in [2.24, 2.45) is 0 Å². The summed E-state index contributed by atoms with van der Waals surface area (Å²) in [5, 5.41) is 0. The van der Waals surface area contributed by atoms with Crippen LogP contribution < -0.4 is 0 Å². The van der Waals surface area contributed by atoms with Crippen LogP contribution in [0.2, 0.25) is 0 Å². The monoisotopic (exact) mass is 246 g/mol. The van der Waals surface area contributed by atoms with Crippen molar-refractivity contribution >= 4 is 11.9 Å². The summed E-state index contributed by atoms with van der Waals surface area (Å²) in [5.41, 5.74) is 0. The first-order chi connectivity index (χ1) is 8.20. The van der Waals surface area contributed by atoms with E-state index >= 15 is 0 Å². The van der Waals surface area contributed by atoms with Crippen molar-refractivity contribution in [2.45, 2.75) is 39.5 Å². The third kappa shape index (κ3) is 11.2. The molecule has 0 atom stereocenters. The van der Waals surface area contributed by atoms with Crippen molar-refractivity contribution in [1.82, 2.24) is 0 Å². The zero-order valence-corrected chi connectivity index (χ0v) is 10.7. The zero-order chi connectivity index (χ0) is 12.9. The van der Waals surface area contributed by atoms with Crippen LogP contribution in [0.25, 0.3) is 0 Å². The number of hydrogen-bond donors (Lipinski definition) is 0. The third-order valence-electron chi connectivity index (χ3n) is 1.96. The van der Waals surface area contributed by atoms with Gasteiger partial charge in [-0.2, -0.15) is 0 Å². The molecule has 100 valence electrons. The molecular formula is C12H22O5. The first kappa shape index (κ1) is 15.9. The fourth-order valence-electron chi connectivity index (χ4n) is 0.962. The van der Waals surface area contributed by atoms with Crippen LogP contribution in [0.1, 0.15) is 39.5 Å². The second-order valence-electron chi connectivity index (χ2n) is 3.64. The van der Waals surface area contributed by atoms with Crippen LogP contribution in [0.4, 0.5) is 0 Å². The molecule has 0 bridgehead atoms. The maximum atomic E-state index is 11.1. The van der Waals surface area contributed by atoms with Crippen LogP contribution in [0, 0.1) is 0 Å². The van der Waals surface area contributed by atoms with Crippen molar-refractivity contribution in [3.8, 4) is 0 Å². The van der Waals surface area contributed by atoms with E-state index in [1.165, 1.54) is 0 Å². The molecule has 0 aliphatic rings. The van der Waals surface area contributed by atoms with Crippen molar-refractivity contribution in [1.29, 1.82) is 0 Å². The number of carbonyl (C=O) groups is 2.